The maximum atomic E-state index is 14.4. The molecule has 0 bridgehead atoms. The van der Waals surface area contributed by atoms with Gasteiger partial charge in [-0.2, -0.15) is 0 Å². The van der Waals surface area contributed by atoms with Crippen molar-refractivity contribution in [3.63, 3.8) is 0 Å². The number of hydrogen-bond acceptors (Lipinski definition) is 6. The quantitative estimate of drug-likeness (QED) is 0.261. The summed E-state index contributed by atoms with van der Waals surface area (Å²) in [5, 5.41) is 12.7. The summed E-state index contributed by atoms with van der Waals surface area (Å²) in [4.78, 5) is 13.8. The van der Waals surface area contributed by atoms with Crippen LogP contribution in [0.25, 0.3) is 11.0 Å². The molecular weight excluding hydrogens is 430 g/mol. The highest BCUT2D eigenvalue weighted by Crippen LogP contribution is 2.25. The number of anilines is 1. The number of morpholine rings is 1. The van der Waals surface area contributed by atoms with Gasteiger partial charge in [0, 0.05) is 31.7 Å². The summed E-state index contributed by atoms with van der Waals surface area (Å²) in [5.41, 5.74) is 3.16. The van der Waals surface area contributed by atoms with Crippen LogP contribution < -0.4 is 10.8 Å². The van der Waals surface area contributed by atoms with Crippen molar-refractivity contribution in [2.75, 3.05) is 44.7 Å². The summed E-state index contributed by atoms with van der Waals surface area (Å²) in [6.45, 7) is 4.59. The molecule has 0 amide bonds. The molecule has 0 spiro atoms. The first-order valence-corrected chi connectivity index (χ1v) is 10.1. The number of aromatic amines is 1. The molecule has 8 nitrogen and oxygen atoms in total. The Morgan fingerprint density at radius 3 is 2.74 bits per heavy atom. The van der Waals surface area contributed by atoms with E-state index in [0.717, 1.165) is 32.8 Å². The molecule has 2 heterocycles. The largest absolute Gasteiger partial charge is 0.379 e. The van der Waals surface area contributed by atoms with Gasteiger partial charge in [0.05, 0.1) is 29.4 Å². The Morgan fingerprint density at radius 1 is 1.23 bits per heavy atom. The van der Waals surface area contributed by atoms with E-state index in [1.807, 2.05) is 5.48 Å². The van der Waals surface area contributed by atoms with Crippen LogP contribution in [-0.4, -0.2) is 65.3 Å². The molecule has 1 aliphatic heterocycles. The average Bonchev–Trinajstić information content (AvgIpc) is 3.21. The van der Waals surface area contributed by atoms with Gasteiger partial charge >= 0.3 is 0 Å². The van der Waals surface area contributed by atoms with Crippen LogP contribution in [0.4, 0.5) is 20.4 Å². The van der Waals surface area contributed by atoms with E-state index in [-0.39, 0.29) is 16.4 Å². The minimum atomic E-state index is -0.579. The standard InChI is InChI=1S/C20H21ClF2N6O2/c21-14-11-12(1-3-15(14)22)25-19(28-30)13-2-4-16(23)18-17(13)26-20(27-18)24-5-6-29-7-9-31-10-8-29/h1-4,11,30H,5-10H2,(H,25,28)(H2,24,26,27). The van der Waals surface area contributed by atoms with E-state index in [4.69, 9.17) is 16.3 Å². The van der Waals surface area contributed by atoms with E-state index in [1.54, 1.807) is 0 Å². The van der Waals surface area contributed by atoms with Gasteiger partial charge in [0.15, 0.2) is 11.7 Å². The van der Waals surface area contributed by atoms with Gasteiger partial charge in [-0.15, -0.1) is 0 Å². The van der Waals surface area contributed by atoms with E-state index < -0.39 is 11.6 Å². The maximum Gasteiger partial charge on any atom is 0.201 e. The van der Waals surface area contributed by atoms with Gasteiger partial charge in [-0.3, -0.25) is 15.6 Å². The maximum absolute atomic E-state index is 14.4. The van der Waals surface area contributed by atoms with Crippen LogP contribution in [0.3, 0.4) is 0 Å². The molecular formula is C20H21ClF2N6O2. The Hall–Kier alpha value is -2.79. The van der Waals surface area contributed by atoms with Crippen molar-refractivity contribution in [3.05, 3.63) is 52.6 Å². The van der Waals surface area contributed by atoms with Crippen molar-refractivity contribution in [2.24, 2.45) is 4.99 Å². The lowest BCUT2D eigenvalue weighted by Crippen LogP contribution is -2.39. The van der Waals surface area contributed by atoms with Crippen molar-refractivity contribution in [1.82, 2.24) is 20.3 Å². The molecule has 1 aliphatic rings. The van der Waals surface area contributed by atoms with Gasteiger partial charge in [0.1, 0.15) is 11.3 Å². The number of hydrogen-bond donors (Lipinski definition) is 4. The normalized spacial score (nSPS) is 15.4. The molecule has 11 heteroatoms. The van der Waals surface area contributed by atoms with Crippen molar-refractivity contribution in [1.29, 1.82) is 0 Å². The zero-order chi connectivity index (χ0) is 21.8. The van der Waals surface area contributed by atoms with Gasteiger partial charge in [-0.05, 0) is 30.3 Å². The van der Waals surface area contributed by atoms with Crippen LogP contribution in [0, 0.1) is 11.6 Å². The number of ether oxygens (including phenoxy) is 1. The Balaban J connectivity index is 1.58. The molecule has 4 rings (SSSR count). The number of nitrogens with zero attached hydrogens (tertiary/aromatic N) is 3. The van der Waals surface area contributed by atoms with Crippen molar-refractivity contribution < 1.29 is 18.7 Å². The number of rotatable bonds is 6. The zero-order valence-corrected chi connectivity index (χ0v) is 17.2. The fourth-order valence-electron chi connectivity index (χ4n) is 3.33. The van der Waals surface area contributed by atoms with Gasteiger partial charge in [-0.25, -0.2) is 18.8 Å². The first kappa shape index (κ1) is 21.4. The molecule has 0 saturated carbocycles. The molecule has 1 fully saturated rings. The Labute approximate surface area is 181 Å². The van der Waals surface area contributed by atoms with Crippen molar-refractivity contribution >= 4 is 40.1 Å². The first-order chi connectivity index (χ1) is 15.0. The minimum absolute atomic E-state index is 0.0243. The monoisotopic (exact) mass is 450 g/mol. The molecule has 1 saturated heterocycles. The van der Waals surface area contributed by atoms with E-state index >= 15 is 0 Å². The van der Waals surface area contributed by atoms with E-state index in [1.165, 1.54) is 30.3 Å². The molecule has 0 unspecified atom stereocenters. The summed E-state index contributed by atoms with van der Waals surface area (Å²) in [6, 6.07) is 6.59. The Bertz CT molecular complexity index is 1100. The third kappa shape index (κ3) is 4.93. The van der Waals surface area contributed by atoms with Gasteiger partial charge in [-0.1, -0.05) is 11.6 Å². The number of aromatic nitrogens is 2. The molecule has 2 aromatic carbocycles. The molecule has 0 radical (unpaired) electrons. The lowest BCUT2D eigenvalue weighted by Gasteiger charge is -2.26. The predicted molar refractivity (Wildman–Crippen MR) is 114 cm³/mol. The van der Waals surface area contributed by atoms with Crippen LogP contribution in [0.5, 0.6) is 0 Å². The molecule has 1 aromatic heterocycles. The smallest absolute Gasteiger partial charge is 0.201 e. The number of H-pyrrole nitrogens is 1. The molecule has 4 N–H and O–H groups in total. The first-order valence-electron chi connectivity index (χ1n) is 9.71. The number of aliphatic imine (C=N–C) groups is 1. The van der Waals surface area contributed by atoms with Crippen LogP contribution in [0.1, 0.15) is 5.56 Å². The SMILES string of the molecule is ONC(=Nc1ccc(F)c(Cl)c1)c1ccc(F)c2nc(NCCN3CCOCC3)[nH]c12. The Morgan fingerprint density at radius 2 is 2.00 bits per heavy atom. The molecule has 164 valence electrons. The van der Waals surface area contributed by atoms with E-state index in [9.17, 15) is 14.0 Å². The summed E-state index contributed by atoms with van der Waals surface area (Å²) in [6.07, 6.45) is 0. The fraction of sp³-hybridized carbons (Fsp3) is 0.300. The van der Waals surface area contributed by atoms with Crippen LogP contribution >= 0.6 is 11.6 Å². The Kier molecular flexibility index (Phi) is 6.62. The number of imidazole rings is 1. The van der Waals surface area contributed by atoms with Crippen LogP contribution in [0.2, 0.25) is 5.02 Å². The molecule has 0 atom stereocenters. The van der Waals surface area contributed by atoms with Crippen LogP contribution in [0.15, 0.2) is 35.3 Å². The summed E-state index contributed by atoms with van der Waals surface area (Å²) in [5.74, 6) is -0.670. The number of benzene rings is 2. The topological polar surface area (TPSA) is 97.8 Å². The number of fused-ring (bicyclic) bond motifs is 1. The second-order valence-corrected chi connectivity index (χ2v) is 7.36. The average molecular weight is 451 g/mol. The summed E-state index contributed by atoms with van der Waals surface area (Å²) in [7, 11) is 0. The fourth-order valence-corrected chi connectivity index (χ4v) is 3.50. The third-order valence-electron chi connectivity index (χ3n) is 4.92. The van der Waals surface area contributed by atoms with Crippen LogP contribution in [-0.2, 0) is 4.74 Å². The number of nitrogens with one attached hydrogen (secondary N) is 3. The number of amidine groups is 1. The zero-order valence-electron chi connectivity index (χ0n) is 16.5. The minimum Gasteiger partial charge on any atom is -0.379 e. The highest BCUT2D eigenvalue weighted by Gasteiger charge is 2.16. The number of hydroxylamine groups is 1. The van der Waals surface area contributed by atoms with Gasteiger partial charge in [0.2, 0.25) is 5.95 Å². The number of halogens is 3. The lowest BCUT2D eigenvalue weighted by atomic mass is 10.1. The van der Waals surface area contributed by atoms with E-state index in [2.05, 4.69) is 25.2 Å². The second-order valence-electron chi connectivity index (χ2n) is 6.96. The summed E-state index contributed by atoms with van der Waals surface area (Å²) < 4.78 is 33.1. The van der Waals surface area contributed by atoms with E-state index in [0.29, 0.717) is 29.3 Å². The molecule has 0 aliphatic carbocycles. The third-order valence-corrected chi connectivity index (χ3v) is 5.21. The van der Waals surface area contributed by atoms with Crippen molar-refractivity contribution in [3.8, 4) is 0 Å². The lowest BCUT2D eigenvalue weighted by molar-refractivity contribution is 0.0398. The van der Waals surface area contributed by atoms with Gasteiger partial charge < -0.3 is 15.0 Å². The van der Waals surface area contributed by atoms with Crippen molar-refractivity contribution in [2.45, 2.75) is 0 Å². The second kappa shape index (κ2) is 9.56. The van der Waals surface area contributed by atoms with Gasteiger partial charge in [0.25, 0.3) is 0 Å². The summed E-state index contributed by atoms with van der Waals surface area (Å²) >= 11 is 5.80. The highest BCUT2D eigenvalue weighted by atomic mass is 35.5. The highest BCUT2D eigenvalue weighted by molar-refractivity contribution is 6.31. The molecule has 3 aromatic rings. The molecule has 31 heavy (non-hydrogen) atoms. The predicted octanol–water partition coefficient (Wildman–Crippen LogP) is 3.30.